The summed E-state index contributed by atoms with van der Waals surface area (Å²) in [5.74, 6) is 0. The summed E-state index contributed by atoms with van der Waals surface area (Å²) < 4.78 is 24.3. The van der Waals surface area contributed by atoms with E-state index in [2.05, 4.69) is 12.6 Å². The molecule has 0 aromatic heterocycles. The summed E-state index contributed by atoms with van der Waals surface area (Å²) in [7, 11) is 0. The molecule has 0 heterocycles. The van der Waals surface area contributed by atoms with Crippen molar-refractivity contribution in [1.82, 2.24) is 0 Å². The maximum absolute atomic E-state index is 8.63. The van der Waals surface area contributed by atoms with Gasteiger partial charge in [0.1, 0.15) is 5.40 Å². The van der Waals surface area contributed by atoms with E-state index in [0.717, 1.165) is 0 Å². The van der Waals surface area contributed by atoms with E-state index in [-0.39, 0.29) is 0 Å². The van der Waals surface area contributed by atoms with Gasteiger partial charge in [0, 0.05) is 0 Å². The van der Waals surface area contributed by atoms with Gasteiger partial charge < -0.3 is 8.40 Å². The van der Waals surface area contributed by atoms with Crippen LogP contribution in [0, 0.1) is 25.5 Å². The summed E-state index contributed by atoms with van der Waals surface area (Å²) in [5.41, 5.74) is 0. The van der Waals surface area contributed by atoms with Crippen molar-refractivity contribution in [2.45, 2.75) is 0 Å². The van der Waals surface area contributed by atoms with Crippen molar-refractivity contribution in [2.24, 2.45) is 0 Å². The highest BCUT2D eigenvalue weighted by Crippen LogP contribution is 1.46. The van der Waals surface area contributed by atoms with Crippen LogP contribution in [-0.4, -0.2) is 4.20 Å². The van der Waals surface area contributed by atoms with E-state index >= 15 is 0 Å². The van der Waals surface area contributed by atoms with Crippen LogP contribution in [0.15, 0.2) is 0 Å². The lowest BCUT2D eigenvalue weighted by atomic mass is 11.8. The maximum atomic E-state index is 8.63. The molecule has 1 N–H and O–H groups in total. The van der Waals surface area contributed by atoms with Gasteiger partial charge in [0.15, 0.2) is 0 Å². The fourth-order valence-electron chi connectivity index (χ4n) is 0. The van der Waals surface area contributed by atoms with Crippen LogP contribution in [0.3, 0.4) is 0 Å². The number of thiocyanates is 1. The minimum atomic E-state index is -3.40. The molecular formula is CH2BrNO3S. The van der Waals surface area contributed by atoms with Crippen LogP contribution in [-0.2, 0) is 0 Å². The van der Waals surface area contributed by atoms with Gasteiger partial charge in [-0.05, 0) is 4.20 Å². The fraction of sp³-hybridized carbons (Fsp3) is 0. The van der Waals surface area contributed by atoms with Crippen LogP contribution < -0.4 is 8.40 Å². The third-order valence-corrected chi connectivity index (χ3v) is 0. The first kappa shape index (κ1) is 10.2. The van der Waals surface area contributed by atoms with Gasteiger partial charge in [-0.15, -0.1) is 0 Å². The summed E-state index contributed by atoms with van der Waals surface area (Å²) >= 11 is -0.302. The van der Waals surface area contributed by atoms with Gasteiger partial charge in [0.25, 0.3) is 0 Å². The fourth-order valence-corrected chi connectivity index (χ4v) is 0. The van der Waals surface area contributed by atoms with Gasteiger partial charge in [-0.2, -0.15) is 5.26 Å². The van der Waals surface area contributed by atoms with Gasteiger partial charge in [0.2, 0.25) is 0 Å². The highest BCUT2D eigenvalue weighted by Gasteiger charge is 1.86. The van der Waals surface area contributed by atoms with E-state index in [0.29, 0.717) is 0 Å². The molecule has 42 valence electrons. The first-order valence-corrected chi connectivity index (χ1v) is 3.38. The van der Waals surface area contributed by atoms with Crippen molar-refractivity contribution >= 4 is 12.6 Å². The summed E-state index contributed by atoms with van der Waals surface area (Å²) in [6.45, 7) is 0. The molecule has 7 heavy (non-hydrogen) atoms. The molecule has 0 aliphatic heterocycles. The van der Waals surface area contributed by atoms with Crippen LogP contribution in [0.2, 0.25) is 0 Å². The van der Waals surface area contributed by atoms with Crippen LogP contribution in [0.5, 0.6) is 0 Å². The molecule has 0 bridgehead atoms. The molecule has 6 heteroatoms. The SMILES string of the molecule is N#CS.[O-][Br+2]([O-])O. The molecule has 0 aliphatic carbocycles. The normalized spacial score (nSPS) is 6.29. The van der Waals surface area contributed by atoms with Gasteiger partial charge in [-0.3, -0.25) is 0 Å². The van der Waals surface area contributed by atoms with Crippen LogP contribution in [0.4, 0.5) is 0 Å². The van der Waals surface area contributed by atoms with Crippen LogP contribution in [0.25, 0.3) is 0 Å². The van der Waals surface area contributed by atoms with Gasteiger partial charge in [-0.1, -0.05) is 12.6 Å². The second kappa shape index (κ2) is 9.50. The Labute approximate surface area is 51.2 Å². The number of hydrogen-bond acceptors (Lipinski definition) is 5. The van der Waals surface area contributed by atoms with Crippen molar-refractivity contribution in [2.75, 3.05) is 0 Å². The van der Waals surface area contributed by atoms with E-state index in [9.17, 15) is 0 Å². The molecule has 0 aromatic rings. The van der Waals surface area contributed by atoms with Crippen molar-refractivity contribution in [3.8, 4) is 5.40 Å². The molecule has 0 unspecified atom stereocenters. The topological polar surface area (TPSA) is 90.1 Å². The highest BCUT2D eigenvalue weighted by molar-refractivity contribution is 7.85. The second-order valence-corrected chi connectivity index (χ2v) is 1.34. The Balaban J connectivity index is 0. The molecule has 0 rings (SSSR count). The van der Waals surface area contributed by atoms with Crippen LogP contribution >= 0.6 is 12.6 Å². The molecule has 0 radical (unpaired) electrons. The summed E-state index contributed by atoms with van der Waals surface area (Å²) in [6, 6.07) is 0. The Kier molecular flexibility index (Phi) is 13.9. The molecule has 0 fully saturated rings. The Morgan fingerprint density at radius 3 is 1.71 bits per heavy atom. The van der Waals surface area contributed by atoms with E-state index in [4.69, 9.17) is 17.9 Å². The zero-order valence-electron chi connectivity index (χ0n) is 3.04. The standard InChI is InChI=1S/CHNS.BrHO3/c2-1-3;2-1(3)4/h3H;2H. The third-order valence-electron chi connectivity index (χ3n) is 0. The highest BCUT2D eigenvalue weighted by atomic mass is 80.0. The Morgan fingerprint density at radius 1 is 1.71 bits per heavy atom. The average molecular weight is 188 g/mol. The minimum absolute atomic E-state index is 1.44. The average Bonchev–Trinajstić information content (AvgIpc) is 1.33. The molecule has 0 amide bonds. The molecular weight excluding hydrogens is 186 g/mol. The number of rotatable bonds is 0. The number of nitrogens with zero attached hydrogens (tertiary/aromatic N) is 1. The van der Waals surface area contributed by atoms with Gasteiger partial charge in [0.05, 0.1) is 0 Å². The third kappa shape index (κ3) is 2730. The summed E-state index contributed by atoms with van der Waals surface area (Å²) in [6.07, 6.45) is 0. The Hall–Kier alpha value is 0.200. The van der Waals surface area contributed by atoms with E-state index in [1.54, 1.807) is 0 Å². The largest absolute Gasteiger partial charge is 0.433 e. The molecule has 0 saturated carbocycles. The number of hydrogen-bond donors (Lipinski definition) is 2. The van der Waals surface area contributed by atoms with E-state index in [1.807, 2.05) is 0 Å². The van der Waals surface area contributed by atoms with Crippen molar-refractivity contribution in [1.29, 1.82) is 5.26 Å². The van der Waals surface area contributed by atoms with E-state index < -0.39 is 14.8 Å². The lowest BCUT2D eigenvalue weighted by Crippen LogP contribution is -2.30. The predicted octanol–water partition coefficient (Wildman–Crippen LogP) is -2.54. The minimum Gasteiger partial charge on any atom is -0.372 e. The number of thiol groups is 1. The quantitative estimate of drug-likeness (QED) is 0.323. The predicted molar refractivity (Wildman–Crippen MR) is 16.8 cm³/mol. The van der Waals surface area contributed by atoms with E-state index in [1.165, 1.54) is 5.40 Å². The van der Waals surface area contributed by atoms with Crippen molar-refractivity contribution in [3.63, 3.8) is 0 Å². The molecule has 0 atom stereocenters. The Morgan fingerprint density at radius 2 is 1.71 bits per heavy atom. The first-order valence-electron chi connectivity index (χ1n) is 0.925. The van der Waals surface area contributed by atoms with Gasteiger partial charge >= 0.3 is 14.8 Å². The maximum Gasteiger partial charge on any atom is 0.433 e. The van der Waals surface area contributed by atoms with Crippen molar-refractivity contribution in [3.05, 3.63) is 0 Å². The van der Waals surface area contributed by atoms with Crippen molar-refractivity contribution < 1.29 is 27.4 Å². The zero-order valence-corrected chi connectivity index (χ0v) is 5.52. The number of nitriles is 1. The molecule has 0 aliphatic rings. The second-order valence-electron chi connectivity index (χ2n) is 0.301. The Bertz CT molecular complexity index is 57.7. The molecule has 0 saturated heterocycles. The smallest absolute Gasteiger partial charge is 0.372 e. The van der Waals surface area contributed by atoms with Crippen LogP contribution in [0.1, 0.15) is 0 Å². The summed E-state index contributed by atoms with van der Waals surface area (Å²) in [4.78, 5) is 0. The zero-order chi connectivity index (χ0) is 6.28. The van der Waals surface area contributed by atoms with Gasteiger partial charge in [-0.25, -0.2) is 0 Å². The molecule has 0 spiro atoms. The summed E-state index contributed by atoms with van der Waals surface area (Å²) in [5, 5.41) is 8.63. The molecule has 4 nitrogen and oxygen atoms in total. The monoisotopic (exact) mass is 187 g/mol. The lowest BCUT2D eigenvalue weighted by Gasteiger charge is -1.69. The number of halogens is 1. The molecule has 0 aromatic carbocycles. The first-order chi connectivity index (χ1) is 3.15. The lowest BCUT2D eigenvalue weighted by molar-refractivity contribution is -1.63.